The Morgan fingerprint density at radius 3 is 2.45 bits per heavy atom. The summed E-state index contributed by atoms with van der Waals surface area (Å²) in [5.74, 6) is 5.95. The normalized spacial score (nSPS) is 43.1. The van der Waals surface area contributed by atoms with Gasteiger partial charge in [-0.15, -0.1) is 11.8 Å². The molecule has 1 aromatic rings. The number of aromatic nitrogens is 2. The second-order valence-corrected chi connectivity index (χ2v) is 9.44. The van der Waals surface area contributed by atoms with Gasteiger partial charge in [0.15, 0.2) is 5.82 Å². The number of hydrogen-bond acceptors (Lipinski definition) is 5. The largest absolute Gasteiger partial charge is 0.381 e. The van der Waals surface area contributed by atoms with Crippen molar-refractivity contribution in [2.75, 3.05) is 13.2 Å². The van der Waals surface area contributed by atoms with Crippen LogP contribution in [0, 0.1) is 17.8 Å². The Hall–Kier alpha value is -0.550. The molecule has 1 aromatic heterocycles. The Bertz CT molecular complexity index is 517. The minimum Gasteiger partial charge on any atom is -0.381 e. The van der Waals surface area contributed by atoms with Gasteiger partial charge in [0, 0.05) is 17.3 Å². The molecule has 0 aromatic carbocycles. The van der Waals surface area contributed by atoms with Gasteiger partial charge in [0.2, 0.25) is 5.89 Å². The lowest BCUT2D eigenvalue weighted by molar-refractivity contribution is 0.0382. The van der Waals surface area contributed by atoms with Crippen LogP contribution in [0.5, 0.6) is 0 Å². The van der Waals surface area contributed by atoms with E-state index in [4.69, 9.17) is 9.26 Å². The molecule has 0 unspecified atom stereocenters. The first kappa shape index (κ1) is 13.8. The van der Waals surface area contributed by atoms with E-state index in [2.05, 4.69) is 21.9 Å². The van der Waals surface area contributed by atoms with Gasteiger partial charge >= 0.3 is 0 Å². The molecule has 4 nitrogen and oxygen atoms in total. The van der Waals surface area contributed by atoms with E-state index in [0.29, 0.717) is 10.7 Å². The van der Waals surface area contributed by atoms with Crippen LogP contribution in [0.25, 0.3) is 0 Å². The van der Waals surface area contributed by atoms with E-state index < -0.39 is 0 Å². The Kier molecular flexibility index (Phi) is 3.29. The SMILES string of the molecule is C1C[C@@H](c2noc(CSC34CC5CC(CC(C5)C3)C4)n2)CO1. The fourth-order valence-corrected chi connectivity index (χ4v) is 7.26. The lowest BCUT2D eigenvalue weighted by Crippen LogP contribution is -2.48. The first-order chi connectivity index (χ1) is 10.8. The average Bonchev–Trinajstić information content (AvgIpc) is 3.15. The summed E-state index contributed by atoms with van der Waals surface area (Å²) in [6, 6.07) is 0. The van der Waals surface area contributed by atoms with E-state index in [1.54, 1.807) is 0 Å². The number of rotatable bonds is 4. The molecule has 120 valence electrons. The maximum absolute atomic E-state index is 5.50. The van der Waals surface area contributed by atoms with Crippen LogP contribution in [0.2, 0.25) is 0 Å². The third-order valence-corrected chi connectivity index (χ3v) is 7.77. The van der Waals surface area contributed by atoms with Gasteiger partial charge in [-0.2, -0.15) is 4.98 Å². The zero-order valence-corrected chi connectivity index (χ0v) is 13.8. The summed E-state index contributed by atoms with van der Waals surface area (Å²) >= 11 is 2.12. The van der Waals surface area contributed by atoms with Gasteiger partial charge in [-0.3, -0.25) is 0 Å². The molecule has 4 saturated carbocycles. The molecule has 4 aliphatic carbocycles. The summed E-state index contributed by atoms with van der Waals surface area (Å²) in [5, 5.41) is 4.18. The van der Waals surface area contributed by atoms with Crippen molar-refractivity contribution in [2.24, 2.45) is 17.8 Å². The molecule has 0 N–H and O–H groups in total. The highest BCUT2D eigenvalue weighted by atomic mass is 32.2. The molecule has 5 fully saturated rings. The molecular weight excluding hydrogens is 296 g/mol. The van der Waals surface area contributed by atoms with Crippen LogP contribution in [0.1, 0.15) is 62.6 Å². The van der Waals surface area contributed by atoms with E-state index in [9.17, 15) is 0 Å². The fraction of sp³-hybridized carbons (Fsp3) is 0.882. The second-order valence-electron chi connectivity index (χ2n) is 8.00. The second kappa shape index (κ2) is 5.23. The molecule has 0 radical (unpaired) electrons. The number of nitrogens with zero attached hydrogens (tertiary/aromatic N) is 2. The number of ether oxygens (including phenoxy) is 1. The summed E-state index contributed by atoms with van der Waals surface area (Å²) in [5.41, 5.74) is 0. The van der Waals surface area contributed by atoms with Crippen LogP contribution >= 0.6 is 11.8 Å². The molecule has 1 saturated heterocycles. The summed E-state index contributed by atoms with van der Waals surface area (Å²) in [4.78, 5) is 4.63. The average molecular weight is 320 g/mol. The lowest BCUT2D eigenvalue weighted by Gasteiger charge is -2.56. The third-order valence-electron chi connectivity index (χ3n) is 6.26. The highest BCUT2D eigenvalue weighted by Crippen LogP contribution is 2.60. The van der Waals surface area contributed by atoms with Crippen molar-refractivity contribution in [2.45, 2.75) is 61.4 Å². The molecule has 1 aliphatic heterocycles. The van der Waals surface area contributed by atoms with Crippen LogP contribution in [0.3, 0.4) is 0 Å². The maximum Gasteiger partial charge on any atom is 0.236 e. The highest BCUT2D eigenvalue weighted by molar-refractivity contribution is 7.99. The first-order valence-corrected chi connectivity index (χ1v) is 9.81. The van der Waals surface area contributed by atoms with Crippen molar-refractivity contribution in [3.8, 4) is 0 Å². The van der Waals surface area contributed by atoms with E-state index in [-0.39, 0.29) is 0 Å². The monoisotopic (exact) mass is 320 g/mol. The molecule has 22 heavy (non-hydrogen) atoms. The molecule has 1 atom stereocenters. The Labute approximate surface area is 135 Å². The van der Waals surface area contributed by atoms with Gasteiger partial charge < -0.3 is 9.26 Å². The molecule has 0 spiro atoms. The fourth-order valence-electron chi connectivity index (χ4n) is 5.65. The predicted octanol–water partition coefficient (Wildman–Crippen LogP) is 3.78. The minimum atomic E-state index is 0.349. The predicted molar refractivity (Wildman–Crippen MR) is 84.7 cm³/mol. The van der Waals surface area contributed by atoms with E-state index in [1.165, 1.54) is 38.5 Å². The van der Waals surface area contributed by atoms with Gasteiger partial charge in [-0.1, -0.05) is 5.16 Å². The first-order valence-electron chi connectivity index (χ1n) is 8.82. The highest BCUT2D eigenvalue weighted by Gasteiger charge is 2.51. The molecule has 5 aliphatic rings. The summed E-state index contributed by atoms with van der Waals surface area (Å²) in [6.45, 7) is 1.58. The van der Waals surface area contributed by atoms with Gasteiger partial charge in [0.05, 0.1) is 12.4 Å². The van der Waals surface area contributed by atoms with E-state index in [0.717, 1.165) is 54.9 Å². The van der Waals surface area contributed by atoms with Crippen molar-refractivity contribution in [3.63, 3.8) is 0 Å². The van der Waals surface area contributed by atoms with Crippen LogP contribution in [-0.4, -0.2) is 28.1 Å². The smallest absolute Gasteiger partial charge is 0.236 e. The molecule has 5 heteroatoms. The Morgan fingerprint density at radius 1 is 1.09 bits per heavy atom. The zero-order chi connectivity index (χ0) is 14.6. The zero-order valence-electron chi connectivity index (χ0n) is 13.0. The molecule has 6 rings (SSSR count). The van der Waals surface area contributed by atoms with Gasteiger partial charge in [-0.25, -0.2) is 0 Å². The van der Waals surface area contributed by atoms with Gasteiger partial charge in [-0.05, 0) is 62.7 Å². The molecule has 4 bridgehead atoms. The van der Waals surface area contributed by atoms with Crippen molar-refractivity contribution in [1.29, 1.82) is 0 Å². The summed E-state index contributed by atoms with van der Waals surface area (Å²) in [6.07, 6.45) is 9.84. The van der Waals surface area contributed by atoms with Crippen molar-refractivity contribution < 1.29 is 9.26 Å². The number of hydrogen-bond donors (Lipinski definition) is 0. The molecular formula is C17H24N2O2S. The van der Waals surface area contributed by atoms with Crippen LogP contribution in [-0.2, 0) is 10.5 Å². The third kappa shape index (κ3) is 2.41. The van der Waals surface area contributed by atoms with Gasteiger partial charge in [0.1, 0.15) is 0 Å². The standard InChI is InChI=1S/C17H24N2O2S/c1-2-20-9-14(1)16-18-15(21-19-16)10-22-17-6-11-3-12(7-17)5-13(4-11)8-17/h11-14H,1-10H2/t11?,12?,13?,14-,17?/m1/s1. The lowest BCUT2D eigenvalue weighted by atomic mass is 9.56. The van der Waals surface area contributed by atoms with Crippen molar-refractivity contribution in [3.05, 3.63) is 11.7 Å². The van der Waals surface area contributed by atoms with E-state index >= 15 is 0 Å². The van der Waals surface area contributed by atoms with Crippen LogP contribution in [0.4, 0.5) is 0 Å². The van der Waals surface area contributed by atoms with Crippen LogP contribution in [0.15, 0.2) is 4.52 Å². The summed E-state index contributed by atoms with van der Waals surface area (Å²) < 4.78 is 11.4. The van der Waals surface area contributed by atoms with Crippen molar-refractivity contribution in [1.82, 2.24) is 10.1 Å². The Balaban J connectivity index is 1.25. The van der Waals surface area contributed by atoms with Crippen molar-refractivity contribution >= 4 is 11.8 Å². The Morgan fingerprint density at radius 2 is 1.82 bits per heavy atom. The molecule has 0 amide bonds. The minimum absolute atomic E-state index is 0.349. The van der Waals surface area contributed by atoms with E-state index in [1.807, 2.05) is 0 Å². The summed E-state index contributed by atoms with van der Waals surface area (Å²) in [7, 11) is 0. The van der Waals surface area contributed by atoms with Gasteiger partial charge in [0.25, 0.3) is 0 Å². The topological polar surface area (TPSA) is 48.2 Å². The van der Waals surface area contributed by atoms with Crippen LogP contribution < -0.4 is 0 Å². The maximum atomic E-state index is 5.50. The molecule has 2 heterocycles. The quantitative estimate of drug-likeness (QED) is 0.845. The number of thioether (sulfide) groups is 1.